The molecule has 0 heterocycles. The predicted octanol–water partition coefficient (Wildman–Crippen LogP) is 3.27. The summed E-state index contributed by atoms with van der Waals surface area (Å²) >= 11 is 0. The van der Waals surface area contributed by atoms with E-state index in [1.807, 2.05) is 27.7 Å². The van der Waals surface area contributed by atoms with Crippen LogP contribution in [0.4, 0.5) is 4.39 Å². The Morgan fingerprint density at radius 2 is 1.93 bits per heavy atom. The molecule has 0 fully saturated rings. The smallest absolute Gasteiger partial charge is 0.305 e. The van der Waals surface area contributed by atoms with Crippen LogP contribution in [0.2, 0.25) is 0 Å². The van der Waals surface area contributed by atoms with Crippen molar-refractivity contribution in [2.45, 2.75) is 47.1 Å². The summed E-state index contributed by atoms with van der Waals surface area (Å²) in [5.41, 5.74) is 1.04. The van der Waals surface area contributed by atoms with E-state index >= 15 is 0 Å². The van der Waals surface area contributed by atoms with Gasteiger partial charge in [-0.25, -0.2) is 4.39 Å². The summed E-state index contributed by atoms with van der Waals surface area (Å²) in [6.07, 6.45) is 2.04. The van der Waals surface area contributed by atoms with Crippen LogP contribution in [0, 0.1) is 0 Å². The summed E-state index contributed by atoms with van der Waals surface area (Å²) in [6.45, 7) is 8.88. The Morgan fingerprint density at radius 3 is 2.00 bits per heavy atom. The van der Waals surface area contributed by atoms with E-state index in [9.17, 15) is 9.18 Å². The van der Waals surface area contributed by atoms with Crippen molar-refractivity contribution in [3.05, 3.63) is 11.6 Å². The van der Waals surface area contributed by atoms with Gasteiger partial charge in [0.25, 0.3) is 0 Å². The van der Waals surface area contributed by atoms with Crippen LogP contribution in [0.3, 0.4) is 0 Å². The first-order chi connectivity index (χ1) is 6.43. The molecule has 14 heavy (non-hydrogen) atoms. The number of hydrogen-bond donors (Lipinski definition) is 0. The Morgan fingerprint density at radius 1 is 1.43 bits per heavy atom. The van der Waals surface area contributed by atoms with Crippen molar-refractivity contribution in [3.63, 3.8) is 0 Å². The third-order valence-corrected chi connectivity index (χ3v) is 1.14. The first-order valence-corrected chi connectivity index (χ1v) is 4.82. The Kier molecular flexibility index (Phi) is 11.4. The van der Waals surface area contributed by atoms with Crippen LogP contribution in [0.25, 0.3) is 0 Å². The molecule has 0 rings (SSSR count). The molecule has 0 aromatic carbocycles. The van der Waals surface area contributed by atoms with Gasteiger partial charge < -0.3 is 4.74 Å². The van der Waals surface area contributed by atoms with E-state index in [2.05, 4.69) is 0 Å². The van der Waals surface area contributed by atoms with Crippen LogP contribution >= 0.6 is 0 Å². The fourth-order valence-corrected chi connectivity index (χ4v) is 0.501. The van der Waals surface area contributed by atoms with E-state index in [4.69, 9.17) is 4.74 Å². The Balaban J connectivity index is 0. The molecule has 2 nitrogen and oxygen atoms in total. The third kappa shape index (κ3) is 17.3. The zero-order valence-corrected chi connectivity index (χ0v) is 9.76. The number of alkyl halides is 1. The molecular formula is C11H21FO2. The number of hydrogen-bond acceptors (Lipinski definition) is 2. The molecule has 0 radical (unpaired) electrons. The molecule has 0 saturated carbocycles. The molecule has 0 aliphatic heterocycles. The Bertz CT molecular complexity index is 170. The summed E-state index contributed by atoms with van der Waals surface area (Å²) in [5, 5.41) is 0. The minimum Gasteiger partial charge on any atom is -0.463 e. The van der Waals surface area contributed by atoms with E-state index in [0.29, 0.717) is 6.42 Å². The lowest BCUT2D eigenvalue weighted by atomic mass is 10.3. The quantitative estimate of drug-likeness (QED) is 0.521. The molecule has 84 valence electrons. The molecule has 0 saturated heterocycles. The van der Waals surface area contributed by atoms with Crippen molar-refractivity contribution in [2.24, 2.45) is 0 Å². The van der Waals surface area contributed by atoms with E-state index in [1.165, 1.54) is 0 Å². The summed E-state index contributed by atoms with van der Waals surface area (Å²) in [4.78, 5) is 10.4. The van der Waals surface area contributed by atoms with E-state index < -0.39 is 0 Å². The van der Waals surface area contributed by atoms with Gasteiger partial charge in [0.15, 0.2) is 0 Å². The maximum absolute atomic E-state index is 11.2. The standard InChI is InChI=1S/C6H12O2.C5H9F/c1-4-6(7)8-5(2)3;1-5(2)3-4-6/h5H,4H2,1-3H3;3H,4H2,1-2H3. The fraction of sp³-hybridized carbons (Fsp3) is 0.727. The maximum Gasteiger partial charge on any atom is 0.305 e. The highest BCUT2D eigenvalue weighted by molar-refractivity contribution is 5.68. The normalized spacial score (nSPS) is 8.79. The van der Waals surface area contributed by atoms with Crippen LogP contribution in [0.1, 0.15) is 41.0 Å². The largest absolute Gasteiger partial charge is 0.463 e. The predicted molar refractivity (Wildman–Crippen MR) is 56.9 cm³/mol. The van der Waals surface area contributed by atoms with Crippen LogP contribution in [-0.2, 0) is 9.53 Å². The van der Waals surface area contributed by atoms with Crippen LogP contribution in [0.5, 0.6) is 0 Å². The minimum absolute atomic E-state index is 0.0300. The van der Waals surface area contributed by atoms with Crippen LogP contribution in [0.15, 0.2) is 11.6 Å². The average molecular weight is 204 g/mol. The molecule has 0 aromatic rings. The highest BCUT2D eigenvalue weighted by Crippen LogP contribution is 1.90. The van der Waals surface area contributed by atoms with Crippen molar-refractivity contribution in [3.8, 4) is 0 Å². The van der Waals surface area contributed by atoms with Gasteiger partial charge in [-0.3, -0.25) is 4.79 Å². The first-order valence-electron chi connectivity index (χ1n) is 4.82. The second kappa shape index (κ2) is 10.2. The molecule has 0 atom stereocenters. The second-order valence-electron chi connectivity index (χ2n) is 3.33. The summed E-state index contributed by atoms with van der Waals surface area (Å²) < 4.78 is 15.9. The molecule has 0 N–H and O–H groups in total. The number of carbonyl (C=O) groups is 1. The number of rotatable bonds is 3. The SMILES string of the molecule is CC(C)=CCF.CCC(=O)OC(C)C. The molecule has 0 aromatic heterocycles. The van der Waals surface area contributed by atoms with Crippen LogP contribution < -0.4 is 0 Å². The van der Waals surface area contributed by atoms with E-state index in [0.717, 1.165) is 5.57 Å². The Hall–Kier alpha value is -0.860. The number of carbonyl (C=O) groups excluding carboxylic acids is 1. The number of esters is 1. The number of halogens is 1. The van der Waals surface area contributed by atoms with E-state index in [1.54, 1.807) is 13.0 Å². The summed E-state index contributed by atoms with van der Waals surface area (Å²) in [5.74, 6) is -0.125. The van der Waals surface area contributed by atoms with Gasteiger partial charge in [0, 0.05) is 6.42 Å². The molecular weight excluding hydrogens is 183 g/mol. The van der Waals surface area contributed by atoms with Gasteiger partial charge in [-0.1, -0.05) is 18.6 Å². The van der Waals surface area contributed by atoms with Gasteiger partial charge in [-0.15, -0.1) is 0 Å². The minimum atomic E-state index is -0.331. The Labute approximate surface area is 86.1 Å². The van der Waals surface area contributed by atoms with Crippen molar-refractivity contribution >= 4 is 5.97 Å². The zero-order chi connectivity index (χ0) is 11.6. The molecule has 0 spiro atoms. The van der Waals surface area contributed by atoms with Crippen molar-refractivity contribution in [1.29, 1.82) is 0 Å². The van der Waals surface area contributed by atoms with Crippen molar-refractivity contribution in [2.75, 3.05) is 6.67 Å². The number of allylic oxidation sites excluding steroid dienone is 2. The van der Waals surface area contributed by atoms with Gasteiger partial charge in [-0.2, -0.15) is 0 Å². The van der Waals surface area contributed by atoms with Gasteiger partial charge >= 0.3 is 5.97 Å². The van der Waals surface area contributed by atoms with Crippen molar-refractivity contribution in [1.82, 2.24) is 0 Å². The fourth-order valence-electron chi connectivity index (χ4n) is 0.501. The second-order valence-corrected chi connectivity index (χ2v) is 3.33. The molecule has 0 amide bonds. The third-order valence-electron chi connectivity index (χ3n) is 1.14. The maximum atomic E-state index is 11.2. The molecule has 0 unspecified atom stereocenters. The molecule has 3 heteroatoms. The molecule has 0 aliphatic carbocycles. The lowest BCUT2D eigenvalue weighted by Crippen LogP contribution is -2.09. The van der Waals surface area contributed by atoms with Crippen molar-refractivity contribution < 1.29 is 13.9 Å². The molecule has 0 bridgehead atoms. The topological polar surface area (TPSA) is 26.3 Å². The molecule has 0 aliphatic rings. The van der Waals surface area contributed by atoms with Gasteiger partial charge in [0.05, 0.1) is 6.10 Å². The van der Waals surface area contributed by atoms with Gasteiger partial charge in [0.1, 0.15) is 6.67 Å². The lowest BCUT2D eigenvalue weighted by molar-refractivity contribution is -0.146. The summed E-state index contributed by atoms with van der Waals surface area (Å²) in [7, 11) is 0. The van der Waals surface area contributed by atoms with E-state index in [-0.39, 0.29) is 18.7 Å². The highest BCUT2D eigenvalue weighted by Gasteiger charge is 1.98. The van der Waals surface area contributed by atoms with Gasteiger partial charge in [-0.05, 0) is 27.7 Å². The highest BCUT2D eigenvalue weighted by atomic mass is 19.1. The number of ether oxygens (including phenoxy) is 1. The lowest BCUT2D eigenvalue weighted by Gasteiger charge is -2.04. The van der Waals surface area contributed by atoms with Gasteiger partial charge in [0.2, 0.25) is 0 Å². The van der Waals surface area contributed by atoms with Crippen LogP contribution in [-0.4, -0.2) is 18.7 Å². The zero-order valence-electron chi connectivity index (χ0n) is 9.76. The average Bonchev–Trinajstić information content (AvgIpc) is 2.03. The monoisotopic (exact) mass is 204 g/mol. The summed E-state index contributed by atoms with van der Waals surface area (Å²) in [6, 6.07) is 0. The first kappa shape index (κ1) is 15.6.